The zero-order valence-corrected chi connectivity index (χ0v) is 13.0. The molecule has 2 aliphatic heterocycles. The first-order chi connectivity index (χ1) is 9.76. The van der Waals surface area contributed by atoms with Crippen LogP contribution in [0.5, 0.6) is 0 Å². The molecule has 4 heteroatoms. The molecule has 4 rings (SSSR count). The molecule has 1 aromatic heterocycles. The fourth-order valence-electron chi connectivity index (χ4n) is 3.43. The fourth-order valence-corrected chi connectivity index (χ4v) is 4.44. The van der Waals surface area contributed by atoms with Crippen LogP contribution in [0.1, 0.15) is 41.0 Å². The average Bonchev–Trinajstić information content (AvgIpc) is 3.12. The molecule has 2 atom stereocenters. The van der Waals surface area contributed by atoms with Crippen LogP contribution in [0.25, 0.3) is 0 Å². The number of ether oxygens (including phenoxy) is 1. The number of hydrogen-bond donors (Lipinski definition) is 1. The van der Waals surface area contributed by atoms with Crippen molar-refractivity contribution in [1.82, 2.24) is 10.2 Å². The molecule has 3 heterocycles. The van der Waals surface area contributed by atoms with E-state index < -0.39 is 0 Å². The molecule has 1 N–H and O–H groups in total. The van der Waals surface area contributed by atoms with Crippen LogP contribution in [0.2, 0.25) is 0 Å². The first-order valence-electron chi connectivity index (χ1n) is 7.95. The fraction of sp³-hybridized carbons (Fsp3) is 0.750. The molecule has 1 aliphatic carbocycles. The molecule has 2 unspecified atom stereocenters. The summed E-state index contributed by atoms with van der Waals surface area (Å²) in [6.45, 7) is 6.70. The first-order valence-corrected chi connectivity index (χ1v) is 8.77. The van der Waals surface area contributed by atoms with Crippen molar-refractivity contribution < 1.29 is 4.74 Å². The zero-order chi connectivity index (χ0) is 13.5. The second-order valence-corrected chi connectivity index (χ2v) is 7.94. The largest absolute Gasteiger partial charge is 0.372 e. The van der Waals surface area contributed by atoms with E-state index >= 15 is 0 Å². The SMILES string of the molecule is Cc1sc(CNC2CC2)cc1CN1CC2CCC(C1)O2. The highest BCUT2D eigenvalue weighted by molar-refractivity contribution is 7.12. The summed E-state index contributed by atoms with van der Waals surface area (Å²) in [5.74, 6) is 0. The highest BCUT2D eigenvalue weighted by Crippen LogP contribution is 2.29. The first kappa shape index (κ1) is 13.3. The van der Waals surface area contributed by atoms with Gasteiger partial charge in [-0.25, -0.2) is 0 Å². The lowest BCUT2D eigenvalue weighted by molar-refractivity contribution is -0.0410. The van der Waals surface area contributed by atoms with Gasteiger partial charge in [-0.05, 0) is 44.2 Å². The minimum atomic E-state index is 0.503. The van der Waals surface area contributed by atoms with Gasteiger partial charge in [0.25, 0.3) is 0 Å². The lowest BCUT2D eigenvalue weighted by Gasteiger charge is -2.32. The standard InChI is InChI=1S/C16H24N2OS/c1-11-12(6-16(20-11)7-17-13-2-3-13)8-18-9-14-4-5-15(10-18)19-14/h6,13-15,17H,2-5,7-10H2,1H3. The molecule has 3 nitrogen and oxygen atoms in total. The van der Waals surface area contributed by atoms with Crippen LogP contribution in [0.15, 0.2) is 6.07 Å². The quantitative estimate of drug-likeness (QED) is 0.903. The monoisotopic (exact) mass is 292 g/mol. The molecule has 3 aliphatic rings. The molecule has 110 valence electrons. The van der Waals surface area contributed by atoms with Gasteiger partial charge in [0.2, 0.25) is 0 Å². The molecular weight excluding hydrogens is 268 g/mol. The Bertz CT molecular complexity index is 471. The summed E-state index contributed by atoms with van der Waals surface area (Å²) in [4.78, 5) is 5.59. The van der Waals surface area contributed by atoms with Crippen molar-refractivity contribution in [3.63, 3.8) is 0 Å². The van der Waals surface area contributed by atoms with Crippen LogP contribution in [-0.2, 0) is 17.8 Å². The number of hydrogen-bond acceptors (Lipinski definition) is 4. The van der Waals surface area contributed by atoms with Crippen LogP contribution in [0, 0.1) is 6.92 Å². The van der Waals surface area contributed by atoms with Gasteiger partial charge in [0.05, 0.1) is 12.2 Å². The normalized spacial score (nSPS) is 30.1. The number of thiophene rings is 1. The second kappa shape index (κ2) is 5.41. The minimum absolute atomic E-state index is 0.503. The molecule has 2 saturated heterocycles. The van der Waals surface area contributed by atoms with Gasteiger partial charge in [-0.3, -0.25) is 4.90 Å². The number of nitrogens with one attached hydrogen (secondary N) is 1. The highest BCUT2D eigenvalue weighted by atomic mass is 32.1. The van der Waals surface area contributed by atoms with Crippen molar-refractivity contribution in [3.8, 4) is 0 Å². The number of rotatable bonds is 5. The van der Waals surface area contributed by atoms with Crippen LogP contribution in [-0.4, -0.2) is 36.2 Å². The molecule has 0 amide bonds. The van der Waals surface area contributed by atoms with Crippen molar-refractivity contribution in [2.45, 2.75) is 63.9 Å². The summed E-state index contributed by atoms with van der Waals surface area (Å²) in [6.07, 6.45) is 6.27. The van der Waals surface area contributed by atoms with E-state index in [0.717, 1.165) is 32.2 Å². The number of aryl methyl sites for hydroxylation is 1. The topological polar surface area (TPSA) is 24.5 Å². The van der Waals surface area contributed by atoms with Crippen molar-refractivity contribution in [3.05, 3.63) is 21.4 Å². The Kier molecular flexibility index (Phi) is 3.59. The Hall–Kier alpha value is -0.420. The van der Waals surface area contributed by atoms with E-state index in [9.17, 15) is 0 Å². The summed E-state index contributed by atoms with van der Waals surface area (Å²) in [7, 11) is 0. The molecule has 0 spiro atoms. The summed E-state index contributed by atoms with van der Waals surface area (Å²) in [6, 6.07) is 3.22. The summed E-state index contributed by atoms with van der Waals surface area (Å²) >= 11 is 1.97. The molecular formula is C16H24N2OS. The Morgan fingerprint density at radius 1 is 1.25 bits per heavy atom. The number of morpholine rings is 1. The smallest absolute Gasteiger partial charge is 0.0707 e. The lowest BCUT2D eigenvalue weighted by atomic mass is 10.2. The minimum Gasteiger partial charge on any atom is -0.372 e. The van der Waals surface area contributed by atoms with Gasteiger partial charge in [0.1, 0.15) is 0 Å². The van der Waals surface area contributed by atoms with Crippen LogP contribution in [0.3, 0.4) is 0 Å². The van der Waals surface area contributed by atoms with Crippen molar-refractivity contribution in [2.75, 3.05) is 13.1 Å². The molecule has 20 heavy (non-hydrogen) atoms. The maximum Gasteiger partial charge on any atom is 0.0707 e. The molecule has 1 saturated carbocycles. The van der Waals surface area contributed by atoms with Crippen molar-refractivity contribution in [2.24, 2.45) is 0 Å². The molecule has 0 aromatic carbocycles. The molecule has 1 aromatic rings. The zero-order valence-electron chi connectivity index (χ0n) is 12.2. The Morgan fingerprint density at radius 3 is 2.70 bits per heavy atom. The van der Waals surface area contributed by atoms with E-state index in [2.05, 4.69) is 23.2 Å². The average molecular weight is 292 g/mol. The lowest BCUT2D eigenvalue weighted by Crippen LogP contribution is -2.41. The van der Waals surface area contributed by atoms with Crippen molar-refractivity contribution >= 4 is 11.3 Å². The van der Waals surface area contributed by atoms with Gasteiger partial charge in [0, 0.05) is 42.0 Å². The molecule has 0 radical (unpaired) electrons. The summed E-state index contributed by atoms with van der Waals surface area (Å²) in [5.41, 5.74) is 1.53. The van der Waals surface area contributed by atoms with Gasteiger partial charge < -0.3 is 10.1 Å². The van der Waals surface area contributed by atoms with Gasteiger partial charge in [-0.1, -0.05) is 0 Å². The Balaban J connectivity index is 1.37. The van der Waals surface area contributed by atoms with Crippen LogP contribution in [0.4, 0.5) is 0 Å². The third kappa shape index (κ3) is 2.93. The van der Waals surface area contributed by atoms with E-state index in [4.69, 9.17) is 4.74 Å². The van der Waals surface area contributed by atoms with Gasteiger partial charge in [-0.15, -0.1) is 11.3 Å². The maximum absolute atomic E-state index is 5.92. The number of likely N-dealkylation sites (tertiary alicyclic amines) is 1. The van der Waals surface area contributed by atoms with E-state index in [1.54, 1.807) is 0 Å². The predicted octanol–water partition coefficient (Wildman–Crippen LogP) is 2.67. The van der Waals surface area contributed by atoms with Gasteiger partial charge in [0.15, 0.2) is 0 Å². The van der Waals surface area contributed by atoms with E-state index in [-0.39, 0.29) is 0 Å². The second-order valence-electron chi connectivity index (χ2n) is 6.60. The number of fused-ring (bicyclic) bond motifs is 2. The predicted molar refractivity (Wildman–Crippen MR) is 82.1 cm³/mol. The van der Waals surface area contributed by atoms with E-state index in [0.29, 0.717) is 12.2 Å². The number of nitrogens with zero attached hydrogens (tertiary/aromatic N) is 1. The maximum atomic E-state index is 5.92. The van der Waals surface area contributed by atoms with E-state index in [1.165, 1.54) is 41.0 Å². The summed E-state index contributed by atoms with van der Waals surface area (Å²) < 4.78 is 5.92. The third-order valence-electron chi connectivity index (χ3n) is 4.73. The van der Waals surface area contributed by atoms with Gasteiger partial charge >= 0.3 is 0 Å². The van der Waals surface area contributed by atoms with E-state index in [1.807, 2.05) is 11.3 Å². The summed E-state index contributed by atoms with van der Waals surface area (Å²) in [5, 5.41) is 3.62. The Morgan fingerprint density at radius 2 is 2.00 bits per heavy atom. The highest BCUT2D eigenvalue weighted by Gasteiger charge is 2.33. The molecule has 2 bridgehead atoms. The van der Waals surface area contributed by atoms with Crippen LogP contribution >= 0.6 is 11.3 Å². The van der Waals surface area contributed by atoms with Crippen molar-refractivity contribution in [1.29, 1.82) is 0 Å². The molecule has 3 fully saturated rings. The third-order valence-corrected chi connectivity index (χ3v) is 5.82. The van der Waals surface area contributed by atoms with Crippen LogP contribution < -0.4 is 5.32 Å². The Labute approximate surface area is 125 Å². The van der Waals surface area contributed by atoms with Gasteiger partial charge in [-0.2, -0.15) is 0 Å².